The molecular weight excluding hydrogens is 520 g/mol. The molecule has 2 aromatic rings. The molecule has 0 aromatic heterocycles. The Morgan fingerprint density at radius 2 is 1.69 bits per heavy atom. The van der Waals surface area contributed by atoms with Gasteiger partial charge in [0.25, 0.3) is 5.91 Å². The standard InChI is InChI=1S/C29H39ClN4O5/c1-7-19(3)34(27(37)22(16-17-23(31)35)32-28(38)39-29(4,5)6)25(20-13-9-8-10-14-20)26(36)33-24-18(2)12-11-15-21(24)30/h8-15,19,22,25H,7,16-17H2,1-6H3,(H2,31,35)(H,32,38)(H,33,36). The number of benzene rings is 2. The van der Waals surface area contributed by atoms with E-state index in [1.54, 1.807) is 57.2 Å². The van der Waals surface area contributed by atoms with E-state index in [1.165, 1.54) is 4.90 Å². The van der Waals surface area contributed by atoms with Gasteiger partial charge in [0.2, 0.25) is 11.8 Å². The van der Waals surface area contributed by atoms with Gasteiger partial charge in [-0.1, -0.05) is 61.0 Å². The molecule has 0 spiro atoms. The lowest BCUT2D eigenvalue weighted by molar-refractivity contribution is -0.143. The molecule has 4 amide bonds. The van der Waals surface area contributed by atoms with E-state index < -0.39 is 47.5 Å². The first-order valence-electron chi connectivity index (χ1n) is 13.0. The number of nitrogens with two attached hydrogens (primary N) is 1. The molecule has 0 saturated carbocycles. The van der Waals surface area contributed by atoms with Gasteiger partial charge in [-0.3, -0.25) is 14.4 Å². The summed E-state index contributed by atoms with van der Waals surface area (Å²) >= 11 is 6.39. The Morgan fingerprint density at radius 3 is 2.23 bits per heavy atom. The van der Waals surface area contributed by atoms with Crippen LogP contribution in [0.4, 0.5) is 10.5 Å². The van der Waals surface area contributed by atoms with Crippen molar-refractivity contribution in [2.45, 2.75) is 84.5 Å². The number of aryl methyl sites for hydroxylation is 1. The summed E-state index contributed by atoms with van der Waals surface area (Å²) in [6, 6.07) is 11.5. The van der Waals surface area contributed by atoms with Crippen molar-refractivity contribution in [1.82, 2.24) is 10.2 Å². The molecule has 0 bridgehead atoms. The lowest BCUT2D eigenvalue weighted by Crippen LogP contribution is -2.55. The molecule has 4 N–H and O–H groups in total. The molecule has 0 aliphatic rings. The fourth-order valence-corrected chi connectivity index (χ4v) is 4.29. The van der Waals surface area contributed by atoms with Crippen molar-refractivity contribution in [3.63, 3.8) is 0 Å². The fourth-order valence-electron chi connectivity index (χ4n) is 4.02. The first kappa shape index (κ1) is 31.6. The van der Waals surface area contributed by atoms with Crippen LogP contribution in [0.15, 0.2) is 48.5 Å². The zero-order valence-electron chi connectivity index (χ0n) is 23.4. The summed E-state index contributed by atoms with van der Waals surface area (Å²) in [6.07, 6.45) is -0.515. The quantitative estimate of drug-likeness (QED) is 0.352. The summed E-state index contributed by atoms with van der Waals surface area (Å²) in [4.78, 5) is 53.8. The van der Waals surface area contributed by atoms with Crippen molar-refractivity contribution >= 4 is 41.1 Å². The predicted molar refractivity (Wildman–Crippen MR) is 152 cm³/mol. The second-order valence-corrected chi connectivity index (χ2v) is 10.8. The SMILES string of the molecule is CCC(C)N(C(=O)C(CCC(N)=O)NC(=O)OC(C)(C)C)C(C(=O)Nc1c(C)cccc1Cl)c1ccccc1. The lowest BCUT2D eigenvalue weighted by atomic mass is 9.98. The van der Waals surface area contributed by atoms with Crippen molar-refractivity contribution in [2.24, 2.45) is 5.73 Å². The number of hydrogen-bond acceptors (Lipinski definition) is 5. The second kappa shape index (κ2) is 14.0. The molecule has 0 aliphatic heterocycles. The number of para-hydroxylation sites is 1. The van der Waals surface area contributed by atoms with Gasteiger partial charge in [0, 0.05) is 12.5 Å². The number of rotatable bonds is 11. The highest BCUT2D eigenvalue weighted by Crippen LogP contribution is 2.31. The third kappa shape index (κ3) is 9.28. The van der Waals surface area contributed by atoms with E-state index in [9.17, 15) is 19.2 Å². The summed E-state index contributed by atoms with van der Waals surface area (Å²) in [6.45, 7) is 10.6. The Labute approximate surface area is 235 Å². The largest absolute Gasteiger partial charge is 0.444 e. The van der Waals surface area contributed by atoms with Crippen molar-refractivity contribution in [3.8, 4) is 0 Å². The van der Waals surface area contributed by atoms with Crippen LogP contribution in [0.5, 0.6) is 0 Å². The number of carbonyl (C=O) groups excluding carboxylic acids is 4. The molecule has 2 rings (SSSR count). The van der Waals surface area contributed by atoms with E-state index in [-0.39, 0.29) is 12.8 Å². The molecule has 3 unspecified atom stereocenters. The van der Waals surface area contributed by atoms with Gasteiger partial charge >= 0.3 is 6.09 Å². The van der Waals surface area contributed by atoms with Gasteiger partial charge in [-0.05, 0) is 64.7 Å². The van der Waals surface area contributed by atoms with Crippen LogP contribution in [0.2, 0.25) is 5.02 Å². The maximum absolute atomic E-state index is 14.2. The van der Waals surface area contributed by atoms with Crippen LogP contribution in [0.3, 0.4) is 0 Å². The van der Waals surface area contributed by atoms with Gasteiger partial charge in [0.05, 0.1) is 10.7 Å². The Morgan fingerprint density at radius 1 is 1.05 bits per heavy atom. The molecule has 0 fully saturated rings. The molecule has 9 nitrogen and oxygen atoms in total. The zero-order chi connectivity index (χ0) is 29.3. The number of alkyl carbamates (subject to hydrolysis) is 1. The van der Waals surface area contributed by atoms with Crippen molar-refractivity contribution < 1.29 is 23.9 Å². The van der Waals surface area contributed by atoms with Crippen LogP contribution in [0.25, 0.3) is 0 Å². The van der Waals surface area contributed by atoms with Crippen LogP contribution in [0, 0.1) is 6.92 Å². The Bertz CT molecular complexity index is 1150. The Balaban J connectivity index is 2.57. The summed E-state index contributed by atoms with van der Waals surface area (Å²) in [5, 5.41) is 5.85. The van der Waals surface area contributed by atoms with Gasteiger partial charge in [-0.2, -0.15) is 0 Å². The first-order valence-corrected chi connectivity index (χ1v) is 13.3. The lowest BCUT2D eigenvalue weighted by Gasteiger charge is -2.38. The van der Waals surface area contributed by atoms with Gasteiger partial charge < -0.3 is 26.0 Å². The van der Waals surface area contributed by atoms with E-state index in [1.807, 2.05) is 32.9 Å². The molecule has 0 radical (unpaired) electrons. The summed E-state index contributed by atoms with van der Waals surface area (Å²) in [5.74, 6) is -1.64. The number of nitrogens with one attached hydrogen (secondary N) is 2. The molecule has 0 heterocycles. The molecule has 2 aromatic carbocycles. The van der Waals surface area contributed by atoms with Crippen molar-refractivity contribution in [2.75, 3.05) is 5.32 Å². The highest BCUT2D eigenvalue weighted by Gasteiger charge is 2.38. The minimum Gasteiger partial charge on any atom is -0.444 e. The van der Waals surface area contributed by atoms with Crippen LogP contribution >= 0.6 is 11.6 Å². The zero-order valence-corrected chi connectivity index (χ0v) is 24.2. The van der Waals surface area contributed by atoms with Crippen molar-refractivity contribution in [1.29, 1.82) is 0 Å². The van der Waals surface area contributed by atoms with E-state index in [0.29, 0.717) is 22.7 Å². The minimum absolute atomic E-state index is 0.0624. The average molecular weight is 559 g/mol. The number of ether oxygens (including phenoxy) is 1. The Kier molecular flexibility index (Phi) is 11.3. The minimum atomic E-state index is -1.16. The summed E-state index contributed by atoms with van der Waals surface area (Å²) in [7, 11) is 0. The van der Waals surface area contributed by atoms with Gasteiger partial charge in [0.1, 0.15) is 17.7 Å². The Hall–Kier alpha value is -3.59. The normalized spacial score (nSPS) is 13.5. The van der Waals surface area contributed by atoms with Gasteiger partial charge in [-0.25, -0.2) is 4.79 Å². The monoisotopic (exact) mass is 558 g/mol. The van der Waals surface area contributed by atoms with Crippen molar-refractivity contribution in [3.05, 3.63) is 64.7 Å². The number of primary amides is 1. The van der Waals surface area contributed by atoms with E-state index in [0.717, 1.165) is 5.56 Å². The summed E-state index contributed by atoms with van der Waals surface area (Å²) < 4.78 is 5.36. The van der Waals surface area contributed by atoms with Crippen LogP contribution in [-0.2, 0) is 19.1 Å². The van der Waals surface area contributed by atoms with E-state index in [4.69, 9.17) is 22.1 Å². The van der Waals surface area contributed by atoms with Gasteiger partial charge in [-0.15, -0.1) is 0 Å². The number of amides is 4. The van der Waals surface area contributed by atoms with E-state index >= 15 is 0 Å². The molecule has 39 heavy (non-hydrogen) atoms. The van der Waals surface area contributed by atoms with Crippen LogP contribution in [-0.4, -0.2) is 46.4 Å². The van der Waals surface area contributed by atoms with Gasteiger partial charge in [0.15, 0.2) is 0 Å². The topological polar surface area (TPSA) is 131 Å². The smallest absolute Gasteiger partial charge is 0.408 e. The van der Waals surface area contributed by atoms with E-state index in [2.05, 4.69) is 10.6 Å². The third-order valence-corrected chi connectivity index (χ3v) is 6.42. The first-order chi connectivity index (χ1) is 18.2. The number of halogens is 1. The highest BCUT2D eigenvalue weighted by atomic mass is 35.5. The highest BCUT2D eigenvalue weighted by molar-refractivity contribution is 6.34. The average Bonchev–Trinajstić information content (AvgIpc) is 2.85. The van der Waals surface area contributed by atoms with Crippen LogP contribution < -0.4 is 16.4 Å². The molecule has 0 aliphatic carbocycles. The molecule has 3 atom stereocenters. The van der Waals surface area contributed by atoms with Crippen LogP contribution in [0.1, 0.15) is 71.0 Å². The molecular formula is C29H39ClN4O5. The second-order valence-electron chi connectivity index (χ2n) is 10.4. The molecule has 10 heteroatoms. The number of nitrogens with zero attached hydrogens (tertiary/aromatic N) is 1. The predicted octanol–water partition coefficient (Wildman–Crippen LogP) is 5.11. The summed E-state index contributed by atoms with van der Waals surface area (Å²) in [5.41, 5.74) is 6.33. The maximum Gasteiger partial charge on any atom is 0.408 e. The molecule has 212 valence electrons. The number of carbonyl (C=O) groups is 4. The third-order valence-electron chi connectivity index (χ3n) is 6.10. The number of anilines is 1. The maximum atomic E-state index is 14.2. The molecule has 0 saturated heterocycles. The fraction of sp³-hybridized carbons (Fsp3) is 0.448. The number of hydrogen-bond donors (Lipinski definition) is 3.